The minimum Gasteiger partial charge on any atom is -0.264 e. The molecule has 2 aromatic rings. The summed E-state index contributed by atoms with van der Waals surface area (Å²) < 4.78 is 0. The molecule has 3 rings (SSSR count). The Bertz CT molecular complexity index is 424. The van der Waals surface area contributed by atoms with E-state index < -0.39 is 0 Å². The number of nitrogens with zero attached hydrogens (tertiary/aromatic N) is 2. The monoisotopic (exact) mass is 170 g/mol. The van der Waals surface area contributed by atoms with Crippen molar-refractivity contribution in [1.29, 1.82) is 0 Å². The maximum Gasteiger partial charge on any atom is 0.0362 e. The molecule has 0 atom stereocenters. The molecule has 0 unspecified atom stereocenters. The van der Waals surface area contributed by atoms with Crippen LogP contribution < -0.4 is 0 Å². The SMILES string of the molecule is c1ncc2cncc3c2c1CCC3. The lowest BCUT2D eigenvalue weighted by Crippen LogP contribution is -2.02. The van der Waals surface area contributed by atoms with Gasteiger partial charge in [0, 0.05) is 30.2 Å². The van der Waals surface area contributed by atoms with Gasteiger partial charge in [0.1, 0.15) is 0 Å². The second-order valence-electron chi connectivity index (χ2n) is 3.55. The zero-order valence-electron chi connectivity index (χ0n) is 7.33. The van der Waals surface area contributed by atoms with Crippen molar-refractivity contribution in [3.8, 4) is 0 Å². The number of aromatic nitrogens is 2. The van der Waals surface area contributed by atoms with Gasteiger partial charge in [-0.1, -0.05) is 0 Å². The summed E-state index contributed by atoms with van der Waals surface area (Å²) in [6.07, 6.45) is 11.4. The molecule has 13 heavy (non-hydrogen) atoms. The summed E-state index contributed by atoms with van der Waals surface area (Å²) in [7, 11) is 0. The van der Waals surface area contributed by atoms with Crippen LogP contribution in [0.25, 0.3) is 10.8 Å². The number of hydrogen-bond donors (Lipinski definition) is 0. The Morgan fingerprint density at radius 1 is 0.846 bits per heavy atom. The lowest BCUT2D eigenvalue weighted by atomic mass is 9.92. The fraction of sp³-hybridized carbons (Fsp3) is 0.273. The fourth-order valence-electron chi connectivity index (χ4n) is 2.13. The third kappa shape index (κ3) is 0.949. The summed E-state index contributed by atoms with van der Waals surface area (Å²) in [6, 6.07) is 0. The first-order valence-corrected chi connectivity index (χ1v) is 4.64. The Morgan fingerprint density at radius 3 is 2.08 bits per heavy atom. The Hall–Kier alpha value is -1.44. The standard InChI is InChI=1S/C11H10N2/c1-2-8-4-12-6-10-7-13-5-9(3-1)11(8)10/h4-7H,1-3H2. The van der Waals surface area contributed by atoms with Crippen molar-refractivity contribution in [3.63, 3.8) is 0 Å². The number of pyridine rings is 2. The van der Waals surface area contributed by atoms with Crippen molar-refractivity contribution >= 4 is 10.8 Å². The van der Waals surface area contributed by atoms with Gasteiger partial charge in [0.15, 0.2) is 0 Å². The minimum absolute atomic E-state index is 1.17. The van der Waals surface area contributed by atoms with Crippen LogP contribution in [0.4, 0.5) is 0 Å². The van der Waals surface area contributed by atoms with E-state index >= 15 is 0 Å². The van der Waals surface area contributed by atoms with Crippen LogP contribution in [0.5, 0.6) is 0 Å². The molecule has 0 amide bonds. The first-order valence-electron chi connectivity index (χ1n) is 4.64. The van der Waals surface area contributed by atoms with Crippen LogP contribution in [-0.2, 0) is 12.8 Å². The van der Waals surface area contributed by atoms with Crippen molar-refractivity contribution in [2.45, 2.75) is 19.3 Å². The molecule has 64 valence electrons. The van der Waals surface area contributed by atoms with Crippen molar-refractivity contribution < 1.29 is 0 Å². The van der Waals surface area contributed by atoms with Crippen LogP contribution in [0.1, 0.15) is 17.5 Å². The highest BCUT2D eigenvalue weighted by molar-refractivity contribution is 5.87. The van der Waals surface area contributed by atoms with E-state index in [4.69, 9.17) is 0 Å². The largest absolute Gasteiger partial charge is 0.264 e. The molecule has 1 aliphatic rings. The first kappa shape index (κ1) is 7.01. The van der Waals surface area contributed by atoms with Gasteiger partial charge in [0.2, 0.25) is 0 Å². The molecule has 0 aliphatic heterocycles. The first-order chi connectivity index (χ1) is 6.45. The Balaban J connectivity index is 2.49. The molecule has 2 aromatic heterocycles. The lowest BCUT2D eigenvalue weighted by molar-refractivity contribution is 0.800. The van der Waals surface area contributed by atoms with Crippen molar-refractivity contribution in [1.82, 2.24) is 9.97 Å². The van der Waals surface area contributed by atoms with E-state index in [9.17, 15) is 0 Å². The van der Waals surface area contributed by atoms with E-state index in [-0.39, 0.29) is 0 Å². The molecular formula is C11H10N2. The molecule has 0 N–H and O–H groups in total. The molecule has 0 aromatic carbocycles. The third-order valence-electron chi connectivity index (χ3n) is 2.71. The molecule has 2 heterocycles. The minimum atomic E-state index is 1.17. The van der Waals surface area contributed by atoms with Gasteiger partial charge in [-0.25, -0.2) is 0 Å². The topological polar surface area (TPSA) is 25.8 Å². The fourth-order valence-corrected chi connectivity index (χ4v) is 2.13. The molecule has 2 heteroatoms. The zero-order chi connectivity index (χ0) is 8.67. The van der Waals surface area contributed by atoms with Gasteiger partial charge in [-0.05, 0) is 35.8 Å². The molecule has 0 spiro atoms. The molecule has 0 bridgehead atoms. The Morgan fingerprint density at radius 2 is 1.46 bits per heavy atom. The van der Waals surface area contributed by atoms with Gasteiger partial charge in [-0.3, -0.25) is 9.97 Å². The summed E-state index contributed by atoms with van der Waals surface area (Å²) >= 11 is 0. The summed E-state index contributed by atoms with van der Waals surface area (Å²) in [4.78, 5) is 8.44. The smallest absolute Gasteiger partial charge is 0.0362 e. The van der Waals surface area contributed by atoms with E-state index in [1.807, 2.05) is 24.8 Å². The molecule has 2 nitrogen and oxygen atoms in total. The van der Waals surface area contributed by atoms with Crippen LogP contribution in [0.3, 0.4) is 0 Å². The van der Waals surface area contributed by atoms with Crippen molar-refractivity contribution in [2.75, 3.05) is 0 Å². The maximum atomic E-state index is 4.22. The number of rotatable bonds is 0. The molecule has 0 radical (unpaired) electrons. The second-order valence-corrected chi connectivity index (χ2v) is 3.55. The highest BCUT2D eigenvalue weighted by Crippen LogP contribution is 2.27. The van der Waals surface area contributed by atoms with Gasteiger partial charge in [0.05, 0.1) is 0 Å². The van der Waals surface area contributed by atoms with Crippen LogP contribution in [0, 0.1) is 0 Å². The summed E-state index contributed by atoms with van der Waals surface area (Å²) in [5, 5.41) is 2.59. The van der Waals surface area contributed by atoms with E-state index in [1.54, 1.807) is 0 Å². The maximum absolute atomic E-state index is 4.22. The summed E-state index contributed by atoms with van der Waals surface area (Å²) in [5.74, 6) is 0. The van der Waals surface area contributed by atoms with Gasteiger partial charge >= 0.3 is 0 Å². The van der Waals surface area contributed by atoms with Crippen molar-refractivity contribution in [3.05, 3.63) is 35.9 Å². The van der Waals surface area contributed by atoms with Crippen LogP contribution in [0.2, 0.25) is 0 Å². The molecule has 0 saturated heterocycles. The van der Waals surface area contributed by atoms with Gasteiger partial charge < -0.3 is 0 Å². The quantitative estimate of drug-likeness (QED) is 0.605. The highest BCUT2D eigenvalue weighted by atomic mass is 14.7. The van der Waals surface area contributed by atoms with E-state index in [2.05, 4.69) is 9.97 Å². The Labute approximate surface area is 76.6 Å². The van der Waals surface area contributed by atoms with Crippen LogP contribution in [0.15, 0.2) is 24.8 Å². The van der Waals surface area contributed by atoms with Gasteiger partial charge in [-0.2, -0.15) is 0 Å². The number of aryl methyl sites for hydroxylation is 2. The van der Waals surface area contributed by atoms with Gasteiger partial charge in [0.25, 0.3) is 0 Å². The Kier molecular flexibility index (Phi) is 1.36. The molecule has 1 aliphatic carbocycles. The summed E-state index contributed by atoms with van der Waals surface area (Å²) in [5.41, 5.74) is 2.78. The molecule has 0 fully saturated rings. The highest BCUT2D eigenvalue weighted by Gasteiger charge is 2.11. The summed E-state index contributed by atoms with van der Waals surface area (Å²) in [6.45, 7) is 0. The predicted molar refractivity (Wildman–Crippen MR) is 51.6 cm³/mol. The lowest BCUT2D eigenvalue weighted by Gasteiger charge is -2.15. The van der Waals surface area contributed by atoms with E-state index in [0.29, 0.717) is 0 Å². The van der Waals surface area contributed by atoms with Gasteiger partial charge in [-0.15, -0.1) is 0 Å². The number of hydrogen-bond acceptors (Lipinski definition) is 2. The molecule has 0 saturated carbocycles. The average Bonchev–Trinajstić information content (AvgIpc) is 2.19. The molecular weight excluding hydrogens is 160 g/mol. The predicted octanol–water partition coefficient (Wildman–Crippen LogP) is 2.12. The third-order valence-corrected chi connectivity index (χ3v) is 2.71. The zero-order valence-corrected chi connectivity index (χ0v) is 7.33. The van der Waals surface area contributed by atoms with Crippen molar-refractivity contribution in [2.24, 2.45) is 0 Å². The van der Waals surface area contributed by atoms with Crippen LogP contribution in [-0.4, -0.2) is 9.97 Å². The normalized spacial score (nSPS) is 14.8. The van der Waals surface area contributed by atoms with E-state index in [0.717, 1.165) is 0 Å². The average molecular weight is 170 g/mol. The second kappa shape index (κ2) is 2.52. The van der Waals surface area contributed by atoms with Crippen LogP contribution >= 0.6 is 0 Å². The van der Waals surface area contributed by atoms with E-state index in [1.165, 1.54) is 41.2 Å².